The lowest BCUT2D eigenvalue weighted by Crippen LogP contribution is -1.82. The Bertz CT molecular complexity index is 581. The third-order valence-electron chi connectivity index (χ3n) is 2.32. The van der Waals surface area contributed by atoms with Gasteiger partial charge in [-0.1, -0.05) is 17.7 Å². The van der Waals surface area contributed by atoms with Crippen LogP contribution in [-0.4, -0.2) is 0 Å². The van der Waals surface area contributed by atoms with E-state index in [4.69, 9.17) is 22.6 Å². The van der Waals surface area contributed by atoms with Crippen molar-refractivity contribution < 1.29 is 0 Å². The van der Waals surface area contributed by atoms with Gasteiger partial charge in [0.15, 0.2) is 0 Å². The Labute approximate surface area is 103 Å². The van der Waals surface area contributed by atoms with Crippen LogP contribution in [0.25, 0.3) is 10.4 Å². The molecule has 0 bridgehead atoms. The van der Waals surface area contributed by atoms with Crippen molar-refractivity contribution in [2.75, 3.05) is 5.73 Å². The molecular formula is C12H9ClN2S. The van der Waals surface area contributed by atoms with Crippen molar-refractivity contribution in [2.45, 2.75) is 6.92 Å². The third kappa shape index (κ3) is 1.90. The molecule has 0 aliphatic heterocycles. The molecule has 0 radical (unpaired) electrons. The van der Waals surface area contributed by atoms with E-state index < -0.39 is 0 Å². The number of nitrogens with zero attached hydrogens (tertiary/aromatic N) is 1. The molecule has 1 aromatic heterocycles. The van der Waals surface area contributed by atoms with Crippen molar-refractivity contribution in [1.29, 1.82) is 5.26 Å². The molecule has 0 saturated heterocycles. The van der Waals surface area contributed by atoms with Crippen LogP contribution in [0.3, 0.4) is 0 Å². The molecule has 0 fully saturated rings. The SMILES string of the molecule is Cc1cc(Cl)ccc1-c1cc(N)c(C#N)s1. The lowest BCUT2D eigenvalue weighted by Gasteiger charge is -2.02. The van der Waals surface area contributed by atoms with Gasteiger partial charge in [0, 0.05) is 9.90 Å². The molecule has 16 heavy (non-hydrogen) atoms. The lowest BCUT2D eigenvalue weighted by molar-refractivity contribution is 1.48. The number of rotatable bonds is 1. The summed E-state index contributed by atoms with van der Waals surface area (Å²) in [4.78, 5) is 1.56. The Balaban J connectivity index is 2.55. The Kier molecular flexibility index (Phi) is 2.86. The summed E-state index contributed by atoms with van der Waals surface area (Å²) in [6.07, 6.45) is 0. The maximum absolute atomic E-state index is 8.85. The summed E-state index contributed by atoms with van der Waals surface area (Å²) >= 11 is 7.30. The Morgan fingerprint density at radius 3 is 2.69 bits per heavy atom. The summed E-state index contributed by atoms with van der Waals surface area (Å²) < 4.78 is 0. The molecule has 0 saturated carbocycles. The minimum absolute atomic E-state index is 0.539. The van der Waals surface area contributed by atoms with E-state index in [-0.39, 0.29) is 0 Å². The van der Waals surface area contributed by atoms with Gasteiger partial charge in [-0.2, -0.15) is 5.26 Å². The van der Waals surface area contributed by atoms with Crippen LogP contribution in [0.4, 0.5) is 5.69 Å². The molecule has 80 valence electrons. The van der Waals surface area contributed by atoms with Gasteiger partial charge in [-0.05, 0) is 36.2 Å². The fourth-order valence-corrected chi connectivity index (χ4v) is 2.72. The molecule has 0 amide bonds. The van der Waals surface area contributed by atoms with Crippen molar-refractivity contribution in [3.63, 3.8) is 0 Å². The summed E-state index contributed by atoms with van der Waals surface area (Å²) in [5.74, 6) is 0. The van der Waals surface area contributed by atoms with E-state index in [9.17, 15) is 0 Å². The van der Waals surface area contributed by atoms with Crippen molar-refractivity contribution in [3.05, 3.63) is 39.7 Å². The van der Waals surface area contributed by atoms with Gasteiger partial charge in [0.2, 0.25) is 0 Å². The zero-order chi connectivity index (χ0) is 11.7. The number of anilines is 1. The first kappa shape index (κ1) is 11.0. The number of benzene rings is 1. The minimum atomic E-state index is 0.539. The maximum Gasteiger partial charge on any atom is 0.128 e. The van der Waals surface area contributed by atoms with Gasteiger partial charge >= 0.3 is 0 Å². The monoisotopic (exact) mass is 248 g/mol. The maximum atomic E-state index is 8.85. The predicted molar refractivity (Wildman–Crippen MR) is 68.6 cm³/mol. The van der Waals surface area contributed by atoms with Gasteiger partial charge in [-0.3, -0.25) is 0 Å². The first-order valence-corrected chi connectivity index (χ1v) is 5.87. The number of nitrogen functional groups attached to an aromatic ring is 1. The van der Waals surface area contributed by atoms with Gasteiger partial charge in [-0.15, -0.1) is 11.3 Å². The minimum Gasteiger partial charge on any atom is -0.397 e. The van der Waals surface area contributed by atoms with E-state index in [1.807, 2.05) is 31.2 Å². The summed E-state index contributed by atoms with van der Waals surface area (Å²) in [6.45, 7) is 1.99. The molecule has 2 nitrogen and oxygen atoms in total. The molecule has 4 heteroatoms. The van der Waals surface area contributed by atoms with Crippen LogP contribution in [-0.2, 0) is 0 Å². The van der Waals surface area contributed by atoms with Crippen LogP contribution in [0.5, 0.6) is 0 Å². The molecule has 0 aliphatic rings. The number of thiophene rings is 1. The second-order valence-corrected chi connectivity index (χ2v) is 4.95. The van der Waals surface area contributed by atoms with Gasteiger partial charge < -0.3 is 5.73 Å². The van der Waals surface area contributed by atoms with Crippen molar-refractivity contribution in [1.82, 2.24) is 0 Å². The topological polar surface area (TPSA) is 49.8 Å². The largest absolute Gasteiger partial charge is 0.397 e. The number of aryl methyl sites for hydroxylation is 1. The second kappa shape index (κ2) is 4.17. The molecule has 0 spiro atoms. The van der Waals surface area contributed by atoms with E-state index in [0.29, 0.717) is 15.6 Å². The highest BCUT2D eigenvalue weighted by Crippen LogP contribution is 2.35. The highest BCUT2D eigenvalue weighted by atomic mass is 35.5. The number of halogens is 1. The van der Waals surface area contributed by atoms with Crippen molar-refractivity contribution in [3.8, 4) is 16.5 Å². The second-order valence-electron chi connectivity index (χ2n) is 3.47. The van der Waals surface area contributed by atoms with Crippen LogP contribution < -0.4 is 5.73 Å². The van der Waals surface area contributed by atoms with Crippen LogP contribution in [0.15, 0.2) is 24.3 Å². The Morgan fingerprint density at radius 1 is 1.38 bits per heavy atom. The van der Waals surface area contributed by atoms with Gasteiger partial charge in [0.05, 0.1) is 5.69 Å². The van der Waals surface area contributed by atoms with E-state index in [1.54, 1.807) is 0 Å². The zero-order valence-corrected chi connectivity index (χ0v) is 10.2. The fourth-order valence-electron chi connectivity index (χ4n) is 1.53. The highest BCUT2D eigenvalue weighted by molar-refractivity contribution is 7.16. The molecule has 2 N–H and O–H groups in total. The molecule has 0 atom stereocenters. The summed E-state index contributed by atoms with van der Waals surface area (Å²) in [7, 11) is 0. The number of hydrogen-bond acceptors (Lipinski definition) is 3. The molecule has 1 heterocycles. The first-order valence-electron chi connectivity index (χ1n) is 4.67. The van der Waals surface area contributed by atoms with Crippen molar-refractivity contribution >= 4 is 28.6 Å². The molecule has 1 aromatic carbocycles. The Morgan fingerprint density at radius 2 is 2.12 bits per heavy atom. The summed E-state index contributed by atoms with van der Waals surface area (Å²) in [5, 5.41) is 9.57. The van der Waals surface area contributed by atoms with E-state index in [1.165, 1.54) is 11.3 Å². The molecule has 2 aromatic rings. The number of nitriles is 1. The molecular weight excluding hydrogens is 240 g/mol. The average molecular weight is 249 g/mol. The van der Waals surface area contributed by atoms with Gasteiger partial charge in [0.1, 0.15) is 10.9 Å². The van der Waals surface area contributed by atoms with Crippen molar-refractivity contribution in [2.24, 2.45) is 0 Å². The quantitative estimate of drug-likeness (QED) is 0.834. The zero-order valence-electron chi connectivity index (χ0n) is 8.62. The predicted octanol–water partition coefficient (Wildman–Crippen LogP) is 3.83. The van der Waals surface area contributed by atoms with Gasteiger partial charge in [-0.25, -0.2) is 0 Å². The summed E-state index contributed by atoms with van der Waals surface area (Å²) in [5.41, 5.74) is 8.42. The van der Waals surface area contributed by atoms with E-state index in [0.717, 1.165) is 16.0 Å². The number of hydrogen-bond donors (Lipinski definition) is 1. The Hall–Kier alpha value is -1.50. The fraction of sp³-hybridized carbons (Fsp3) is 0.0833. The standard InChI is InChI=1S/C12H9ClN2S/c1-7-4-8(13)2-3-9(7)11-5-10(15)12(6-14)16-11/h2-5H,15H2,1H3. The molecule has 0 aliphatic carbocycles. The molecule has 2 rings (SSSR count). The molecule has 0 unspecified atom stereocenters. The lowest BCUT2D eigenvalue weighted by atomic mass is 10.1. The van der Waals surface area contributed by atoms with E-state index >= 15 is 0 Å². The third-order valence-corrected chi connectivity index (χ3v) is 3.64. The normalized spacial score (nSPS) is 10.1. The van der Waals surface area contributed by atoms with Crippen LogP contribution in [0, 0.1) is 18.3 Å². The highest BCUT2D eigenvalue weighted by Gasteiger charge is 2.09. The smallest absolute Gasteiger partial charge is 0.128 e. The van der Waals surface area contributed by atoms with Crippen LogP contribution in [0.2, 0.25) is 5.02 Å². The van der Waals surface area contributed by atoms with Crippen LogP contribution in [0.1, 0.15) is 10.4 Å². The van der Waals surface area contributed by atoms with Crippen LogP contribution >= 0.6 is 22.9 Å². The number of nitrogens with two attached hydrogens (primary N) is 1. The average Bonchev–Trinajstić information content (AvgIpc) is 2.59. The van der Waals surface area contributed by atoms with E-state index in [2.05, 4.69) is 6.07 Å². The first-order chi connectivity index (χ1) is 7.61. The van der Waals surface area contributed by atoms with Gasteiger partial charge in [0.25, 0.3) is 0 Å². The summed E-state index contributed by atoms with van der Waals surface area (Å²) in [6, 6.07) is 9.61.